The number of hydrogen-bond donors (Lipinski definition) is 3. The van der Waals surface area contributed by atoms with Crippen LogP contribution in [0, 0.1) is 5.41 Å². The fourth-order valence-electron chi connectivity index (χ4n) is 3.73. The Morgan fingerprint density at radius 1 is 1.25 bits per heavy atom. The zero-order chi connectivity index (χ0) is 17.0. The molecule has 24 heavy (non-hydrogen) atoms. The van der Waals surface area contributed by atoms with E-state index in [4.69, 9.17) is 5.11 Å². The molecule has 0 bridgehead atoms. The highest BCUT2D eigenvalue weighted by molar-refractivity contribution is 5.75. The van der Waals surface area contributed by atoms with E-state index in [0.29, 0.717) is 26.1 Å². The normalized spacial score (nSPS) is 22.5. The molecule has 1 aromatic rings. The number of nitrogens with zero attached hydrogens (tertiary/aromatic N) is 1. The largest absolute Gasteiger partial charge is 0.480 e. The van der Waals surface area contributed by atoms with Crippen LogP contribution in [0.3, 0.4) is 0 Å². The molecule has 2 heterocycles. The Balaban J connectivity index is 1.41. The predicted octanol–water partition coefficient (Wildman–Crippen LogP) is 1.47. The molecule has 6 nitrogen and oxygen atoms in total. The van der Waals surface area contributed by atoms with Crippen molar-refractivity contribution in [1.82, 2.24) is 15.5 Å². The van der Waals surface area contributed by atoms with E-state index in [0.717, 1.165) is 25.8 Å². The van der Waals surface area contributed by atoms with Crippen LogP contribution in [-0.2, 0) is 11.2 Å². The number of piperidine rings is 1. The first-order valence-corrected chi connectivity index (χ1v) is 8.61. The third kappa shape index (κ3) is 3.87. The summed E-state index contributed by atoms with van der Waals surface area (Å²) < 4.78 is 0. The van der Waals surface area contributed by atoms with Gasteiger partial charge < -0.3 is 20.6 Å². The molecule has 1 aromatic carbocycles. The maximum absolute atomic E-state index is 12.3. The summed E-state index contributed by atoms with van der Waals surface area (Å²) in [7, 11) is 0. The molecule has 0 saturated carbocycles. The van der Waals surface area contributed by atoms with Crippen LogP contribution >= 0.6 is 0 Å². The maximum Gasteiger partial charge on any atom is 0.320 e. The van der Waals surface area contributed by atoms with Crippen LogP contribution in [0.15, 0.2) is 30.3 Å². The molecule has 1 atom stereocenters. The number of aliphatic carboxylic acids is 1. The van der Waals surface area contributed by atoms with Crippen LogP contribution in [-0.4, -0.2) is 54.2 Å². The Labute approximate surface area is 142 Å². The van der Waals surface area contributed by atoms with E-state index in [2.05, 4.69) is 22.8 Å². The van der Waals surface area contributed by atoms with Crippen LogP contribution < -0.4 is 10.6 Å². The monoisotopic (exact) mass is 331 g/mol. The lowest BCUT2D eigenvalue weighted by molar-refractivity contribution is -0.139. The number of carbonyl (C=O) groups is 2. The van der Waals surface area contributed by atoms with E-state index in [1.807, 2.05) is 23.1 Å². The lowest BCUT2D eigenvalue weighted by atomic mass is 9.76. The van der Waals surface area contributed by atoms with Gasteiger partial charge in [-0.05, 0) is 36.7 Å². The van der Waals surface area contributed by atoms with Crippen molar-refractivity contribution in [1.29, 1.82) is 0 Å². The minimum atomic E-state index is -0.770. The highest BCUT2D eigenvalue weighted by Crippen LogP contribution is 2.39. The Morgan fingerprint density at radius 2 is 1.96 bits per heavy atom. The Bertz CT molecular complexity index is 582. The van der Waals surface area contributed by atoms with Crippen molar-refractivity contribution in [2.75, 3.05) is 26.2 Å². The number of benzene rings is 1. The van der Waals surface area contributed by atoms with Crippen molar-refractivity contribution in [3.05, 3.63) is 35.9 Å². The number of nitrogens with one attached hydrogen (secondary N) is 2. The van der Waals surface area contributed by atoms with Gasteiger partial charge in [-0.3, -0.25) is 4.79 Å². The molecule has 2 aliphatic heterocycles. The number of carboxylic acid groups (broad SMARTS) is 1. The summed E-state index contributed by atoms with van der Waals surface area (Å²) in [6.45, 7) is 2.77. The van der Waals surface area contributed by atoms with Gasteiger partial charge in [0.1, 0.15) is 6.04 Å². The topological polar surface area (TPSA) is 81.7 Å². The van der Waals surface area contributed by atoms with E-state index in [9.17, 15) is 9.59 Å². The van der Waals surface area contributed by atoms with Crippen molar-refractivity contribution in [2.45, 2.75) is 31.7 Å². The Morgan fingerprint density at radius 3 is 2.58 bits per heavy atom. The minimum Gasteiger partial charge on any atom is -0.480 e. The Kier molecular flexibility index (Phi) is 5.04. The first-order chi connectivity index (χ1) is 11.6. The number of likely N-dealkylation sites (tertiary alicyclic amines) is 1. The van der Waals surface area contributed by atoms with Gasteiger partial charge in [0.15, 0.2) is 0 Å². The lowest BCUT2D eigenvalue weighted by Gasteiger charge is -2.38. The summed E-state index contributed by atoms with van der Waals surface area (Å²) in [6, 6.07) is 9.66. The molecule has 0 aliphatic carbocycles. The van der Waals surface area contributed by atoms with Crippen molar-refractivity contribution in [3.63, 3.8) is 0 Å². The van der Waals surface area contributed by atoms with E-state index in [1.54, 1.807) is 0 Å². The fourth-order valence-corrected chi connectivity index (χ4v) is 3.73. The highest BCUT2D eigenvalue weighted by Gasteiger charge is 2.44. The molecule has 3 N–H and O–H groups in total. The van der Waals surface area contributed by atoms with Crippen LogP contribution in [0.2, 0.25) is 0 Å². The highest BCUT2D eigenvalue weighted by atomic mass is 16.4. The summed E-state index contributed by atoms with van der Waals surface area (Å²) in [5.41, 5.74) is 1.26. The lowest BCUT2D eigenvalue weighted by Crippen LogP contribution is -2.48. The van der Waals surface area contributed by atoms with Crippen molar-refractivity contribution in [2.24, 2.45) is 5.41 Å². The SMILES string of the molecule is O=C(O)C1CC2(CCN(C(=O)NCCc3ccccc3)CC2)CN1. The molecule has 0 radical (unpaired) electrons. The summed E-state index contributed by atoms with van der Waals surface area (Å²) >= 11 is 0. The third-order valence-electron chi connectivity index (χ3n) is 5.30. The van der Waals surface area contributed by atoms with Crippen LogP contribution in [0.4, 0.5) is 4.79 Å². The van der Waals surface area contributed by atoms with Gasteiger partial charge in [0, 0.05) is 26.2 Å². The van der Waals surface area contributed by atoms with Gasteiger partial charge in [-0.25, -0.2) is 4.79 Å². The number of carboxylic acids is 1. The van der Waals surface area contributed by atoms with Gasteiger partial charge in [-0.15, -0.1) is 0 Å². The van der Waals surface area contributed by atoms with Crippen LogP contribution in [0.5, 0.6) is 0 Å². The number of amides is 2. The molecule has 130 valence electrons. The van der Waals surface area contributed by atoms with Crippen molar-refractivity contribution < 1.29 is 14.7 Å². The Hall–Kier alpha value is -2.08. The molecule has 0 aromatic heterocycles. The zero-order valence-corrected chi connectivity index (χ0v) is 13.8. The van der Waals surface area contributed by atoms with Gasteiger partial charge in [0.25, 0.3) is 0 Å². The number of urea groups is 1. The standard InChI is InChI=1S/C18H25N3O3/c22-16(23)15-12-18(13-20-15)7-10-21(11-8-18)17(24)19-9-6-14-4-2-1-3-5-14/h1-5,15,20H,6-13H2,(H,19,24)(H,22,23). The molecule has 1 spiro atoms. The molecule has 2 amide bonds. The molecule has 2 aliphatic rings. The quantitative estimate of drug-likeness (QED) is 0.780. The second kappa shape index (κ2) is 7.21. The number of rotatable bonds is 4. The molecule has 1 unspecified atom stereocenters. The summed E-state index contributed by atoms with van der Waals surface area (Å²) in [5, 5.41) is 15.2. The van der Waals surface area contributed by atoms with Gasteiger partial charge in [0.05, 0.1) is 0 Å². The van der Waals surface area contributed by atoms with E-state index in [1.165, 1.54) is 5.56 Å². The minimum absolute atomic E-state index is 0.0125. The second-order valence-electron chi connectivity index (χ2n) is 6.93. The molecular weight excluding hydrogens is 306 g/mol. The van der Waals surface area contributed by atoms with E-state index in [-0.39, 0.29) is 11.4 Å². The molecular formula is C18H25N3O3. The molecule has 2 saturated heterocycles. The van der Waals surface area contributed by atoms with Crippen molar-refractivity contribution in [3.8, 4) is 0 Å². The van der Waals surface area contributed by atoms with Gasteiger partial charge >= 0.3 is 12.0 Å². The first kappa shape index (κ1) is 16.8. The average Bonchev–Trinajstić information content (AvgIpc) is 3.00. The van der Waals surface area contributed by atoms with Crippen molar-refractivity contribution >= 4 is 12.0 Å². The maximum atomic E-state index is 12.3. The van der Waals surface area contributed by atoms with Crippen LogP contribution in [0.25, 0.3) is 0 Å². The molecule has 2 fully saturated rings. The summed E-state index contributed by atoms with van der Waals surface area (Å²) in [4.78, 5) is 25.2. The molecule has 6 heteroatoms. The van der Waals surface area contributed by atoms with Gasteiger partial charge in [0.2, 0.25) is 0 Å². The predicted molar refractivity (Wildman–Crippen MR) is 90.8 cm³/mol. The zero-order valence-electron chi connectivity index (χ0n) is 13.8. The summed E-state index contributed by atoms with van der Waals surface area (Å²) in [5.74, 6) is -0.770. The van der Waals surface area contributed by atoms with Gasteiger partial charge in [-0.2, -0.15) is 0 Å². The third-order valence-corrected chi connectivity index (χ3v) is 5.30. The van der Waals surface area contributed by atoms with Gasteiger partial charge in [-0.1, -0.05) is 30.3 Å². The second-order valence-corrected chi connectivity index (χ2v) is 6.93. The molecule has 3 rings (SSSR count). The average molecular weight is 331 g/mol. The number of carbonyl (C=O) groups excluding carboxylic acids is 1. The smallest absolute Gasteiger partial charge is 0.320 e. The first-order valence-electron chi connectivity index (χ1n) is 8.61. The van der Waals surface area contributed by atoms with E-state index < -0.39 is 12.0 Å². The fraction of sp³-hybridized carbons (Fsp3) is 0.556. The van der Waals surface area contributed by atoms with Crippen LogP contribution in [0.1, 0.15) is 24.8 Å². The van der Waals surface area contributed by atoms with E-state index >= 15 is 0 Å². The summed E-state index contributed by atoms with van der Waals surface area (Å²) in [6.07, 6.45) is 3.24. The number of hydrogen-bond acceptors (Lipinski definition) is 3.